The number of pyridine rings is 1. The van der Waals surface area contributed by atoms with Gasteiger partial charge >= 0.3 is 0 Å². The second-order valence-corrected chi connectivity index (χ2v) is 5.81. The molecule has 26 heavy (non-hydrogen) atoms. The van der Waals surface area contributed by atoms with Gasteiger partial charge in [0.05, 0.1) is 30.5 Å². The third kappa shape index (κ3) is 4.84. The van der Waals surface area contributed by atoms with Crippen LogP contribution in [-0.4, -0.2) is 42.6 Å². The van der Waals surface area contributed by atoms with Crippen molar-refractivity contribution in [3.63, 3.8) is 0 Å². The number of halogens is 1. The molecule has 1 aromatic heterocycles. The zero-order valence-corrected chi connectivity index (χ0v) is 14.0. The molecule has 2 amide bonds. The molecule has 7 nitrogen and oxygen atoms in total. The van der Waals surface area contributed by atoms with E-state index in [1.54, 1.807) is 18.2 Å². The van der Waals surface area contributed by atoms with Crippen LogP contribution in [0, 0.1) is 5.82 Å². The van der Waals surface area contributed by atoms with Crippen LogP contribution in [0.1, 0.15) is 16.9 Å². The van der Waals surface area contributed by atoms with Gasteiger partial charge in [-0.1, -0.05) is 6.07 Å². The molecule has 8 heteroatoms. The highest BCUT2D eigenvalue weighted by molar-refractivity contribution is 6.06. The van der Waals surface area contributed by atoms with Crippen LogP contribution < -0.4 is 16.0 Å². The summed E-state index contributed by atoms with van der Waals surface area (Å²) in [5, 5.41) is 8.41. The molecule has 2 aromatic rings. The first-order chi connectivity index (χ1) is 12.6. The Balaban J connectivity index is 1.69. The second-order valence-electron chi connectivity index (χ2n) is 5.81. The smallest absolute Gasteiger partial charge is 0.274 e. The molecule has 1 aliphatic rings. The van der Waals surface area contributed by atoms with Crippen LogP contribution in [0.3, 0.4) is 0 Å². The topological polar surface area (TPSA) is 92.4 Å². The molecule has 1 saturated heterocycles. The molecule has 3 rings (SSSR count). The second kappa shape index (κ2) is 8.50. The summed E-state index contributed by atoms with van der Waals surface area (Å²) in [6.45, 7) is 1.88. The van der Waals surface area contributed by atoms with Gasteiger partial charge in [0.1, 0.15) is 11.5 Å². The van der Waals surface area contributed by atoms with Gasteiger partial charge in [-0.05, 0) is 30.3 Å². The Morgan fingerprint density at radius 3 is 2.85 bits per heavy atom. The highest BCUT2D eigenvalue weighted by Crippen LogP contribution is 2.24. The van der Waals surface area contributed by atoms with Crippen LogP contribution in [0.2, 0.25) is 0 Å². The summed E-state index contributed by atoms with van der Waals surface area (Å²) in [7, 11) is 0. The number of aromatic nitrogens is 1. The van der Waals surface area contributed by atoms with Gasteiger partial charge in [0.2, 0.25) is 5.91 Å². The molecule has 0 saturated carbocycles. The first-order valence-corrected chi connectivity index (χ1v) is 8.26. The molecule has 136 valence electrons. The van der Waals surface area contributed by atoms with Crippen molar-refractivity contribution in [2.45, 2.75) is 12.5 Å². The molecule has 1 unspecified atom stereocenters. The maximum absolute atomic E-state index is 13.6. The number of hydrogen-bond acceptors (Lipinski definition) is 5. The predicted octanol–water partition coefficient (Wildman–Crippen LogP) is 1.79. The number of hydrogen-bond donors (Lipinski definition) is 3. The lowest BCUT2D eigenvalue weighted by atomic mass is 10.2. The van der Waals surface area contributed by atoms with Gasteiger partial charge in [-0.25, -0.2) is 4.39 Å². The van der Waals surface area contributed by atoms with Crippen molar-refractivity contribution in [1.82, 2.24) is 10.3 Å². The highest BCUT2D eigenvalue weighted by Gasteiger charge is 2.19. The lowest BCUT2D eigenvalue weighted by Crippen LogP contribution is -2.40. The summed E-state index contributed by atoms with van der Waals surface area (Å²) in [5.74, 6) is -1.29. The molecule has 0 bridgehead atoms. The molecule has 3 N–H and O–H groups in total. The Labute approximate surface area is 150 Å². The number of nitrogens with one attached hydrogen (secondary N) is 3. The van der Waals surface area contributed by atoms with E-state index >= 15 is 0 Å². The Bertz CT molecular complexity index is 779. The third-order valence-corrected chi connectivity index (χ3v) is 3.82. The van der Waals surface area contributed by atoms with Gasteiger partial charge in [-0.2, -0.15) is 0 Å². The van der Waals surface area contributed by atoms with Crippen molar-refractivity contribution in [2.24, 2.45) is 0 Å². The number of rotatable bonds is 5. The standard InChI is InChI=1S/C18H19FN4O3/c19-12-4-5-14(23-18(25)15-3-1-2-6-21-15)16(9-12)22-17(24)10-13-11-20-7-8-26-13/h1-6,9,13,20H,7-8,10-11H2,(H,22,24)(H,23,25). The van der Waals surface area contributed by atoms with Crippen molar-refractivity contribution >= 4 is 23.2 Å². The van der Waals surface area contributed by atoms with Crippen molar-refractivity contribution in [2.75, 3.05) is 30.3 Å². The fraction of sp³-hybridized carbons (Fsp3) is 0.278. The van der Waals surface area contributed by atoms with E-state index in [9.17, 15) is 14.0 Å². The SMILES string of the molecule is O=C(CC1CNCCO1)Nc1cc(F)ccc1NC(=O)c1ccccn1. The fourth-order valence-corrected chi connectivity index (χ4v) is 2.57. The number of carbonyl (C=O) groups is 2. The van der Waals surface area contributed by atoms with E-state index in [2.05, 4.69) is 20.9 Å². The van der Waals surface area contributed by atoms with Crippen LogP contribution in [-0.2, 0) is 9.53 Å². The van der Waals surface area contributed by atoms with Crippen LogP contribution in [0.5, 0.6) is 0 Å². The van der Waals surface area contributed by atoms with Crippen LogP contribution in [0.4, 0.5) is 15.8 Å². The molecular weight excluding hydrogens is 339 g/mol. The molecule has 0 radical (unpaired) electrons. The Morgan fingerprint density at radius 2 is 2.12 bits per heavy atom. The molecule has 0 spiro atoms. The molecule has 1 atom stereocenters. The minimum atomic E-state index is -0.522. The van der Waals surface area contributed by atoms with Crippen molar-refractivity contribution in [3.8, 4) is 0 Å². The quantitative estimate of drug-likeness (QED) is 0.758. The first-order valence-electron chi connectivity index (χ1n) is 8.26. The Kier molecular flexibility index (Phi) is 5.88. The number of amides is 2. The van der Waals surface area contributed by atoms with Crippen LogP contribution >= 0.6 is 0 Å². The van der Waals surface area contributed by atoms with Gasteiger partial charge in [0.25, 0.3) is 5.91 Å². The lowest BCUT2D eigenvalue weighted by Gasteiger charge is -2.23. The largest absolute Gasteiger partial charge is 0.375 e. The van der Waals surface area contributed by atoms with Gasteiger partial charge in [-0.15, -0.1) is 0 Å². The monoisotopic (exact) mass is 358 g/mol. The van der Waals surface area contributed by atoms with Gasteiger partial charge in [-0.3, -0.25) is 14.6 Å². The average molecular weight is 358 g/mol. The van der Waals surface area contributed by atoms with Gasteiger partial charge in [0.15, 0.2) is 0 Å². The van der Waals surface area contributed by atoms with E-state index in [4.69, 9.17) is 4.74 Å². The minimum absolute atomic E-state index is 0.136. The first kappa shape index (κ1) is 18.0. The summed E-state index contributed by atoms with van der Waals surface area (Å²) in [6, 6.07) is 8.70. The summed E-state index contributed by atoms with van der Waals surface area (Å²) < 4.78 is 19.1. The molecule has 1 aromatic carbocycles. The zero-order chi connectivity index (χ0) is 18.4. The summed E-state index contributed by atoms with van der Waals surface area (Å²) in [6.07, 6.45) is 1.40. The number of nitrogens with zero attached hydrogens (tertiary/aromatic N) is 1. The Hall–Kier alpha value is -2.84. The van der Waals surface area contributed by atoms with E-state index in [-0.39, 0.29) is 35.5 Å². The van der Waals surface area contributed by atoms with E-state index < -0.39 is 11.7 Å². The van der Waals surface area contributed by atoms with E-state index in [1.807, 2.05) is 0 Å². The number of morpholine rings is 1. The molecular formula is C18H19FN4O3. The summed E-state index contributed by atoms with van der Waals surface area (Å²) >= 11 is 0. The molecule has 1 fully saturated rings. The van der Waals surface area contributed by atoms with Crippen molar-refractivity contribution in [1.29, 1.82) is 0 Å². The van der Waals surface area contributed by atoms with Crippen molar-refractivity contribution < 1.29 is 18.7 Å². The van der Waals surface area contributed by atoms with Gasteiger partial charge in [0, 0.05) is 19.3 Å². The molecule has 2 heterocycles. The zero-order valence-electron chi connectivity index (χ0n) is 14.0. The summed E-state index contributed by atoms with van der Waals surface area (Å²) in [5.41, 5.74) is 0.692. The average Bonchev–Trinajstić information content (AvgIpc) is 2.65. The van der Waals surface area contributed by atoms with E-state index in [0.717, 1.165) is 12.6 Å². The van der Waals surface area contributed by atoms with Crippen LogP contribution in [0.15, 0.2) is 42.6 Å². The number of carbonyl (C=O) groups excluding carboxylic acids is 2. The number of ether oxygens (including phenoxy) is 1. The normalized spacial score (nSPS) is 16.7. The summed E-state index contributed by atoms with van der Waals surface area (Å²) in [4.78, 5) is 28.4. The molecule has 1 aliphatic heterocycles. The maximum Gasteiger partial charge on any atom is 0.274 e. The van der Waals surface area contributed by atoms with Crippen LogP contribution in [0.25, 0.3) is 0 Å². The lowest BCUT2D eigenvalue weighted by molar-refractivity contribution is -0.119. The predicted molar refractivity (Wildman–Crippen MR) is 94.4 cm³/mol. The third-order valence-electron chi connectivity index (χ3n) is 3.82. The van der Waals surface area contributed by atoms with Gasteiger partial charge < -0.3 is 20.7 Å². The molecule has 0 aliphatic carbocycles. The van der Waals surface area contributed by atoms with E-state index in [0.29, 0.717) is 13.2 Å². The minimum Gasteiger partial charge on any atom is -0.375 e. The fourth-order valence-electron chi connectivity index (χ4n) is 2.57. The van der Waals surface area contributed by atoms with Crippen molar-refractivity contribution in [3.05, 3.63) is 54.1 Å². The highest BCUT2D eigenvalue weighted by atomic mass is 19.1. The number of benzene rings is 1. The number of anilines is 2. The van der Waals surface area contributed by atoms with E-state index in [1.165, 1.54) is 18.3 Å². The maximum atomic E-state index is 13.6. The Morgan fingerprint density at radius 1 is 1.23 bits per heavy atom.